The minimum Gasteiger partial charge on any atom is -0.508 e. The molecule has 2 unspecified atom stereocenters. The van der Waals surface area contributed by atoms with E-state index in [4.69, 9.17) is 5.11 Å². The third kappa shape index (κ3) is 5.12. The van der Waals surface area contributed by atoms with Crippen LogP contribution in [0.4, 0.5) is 0 Å². The molecule has 1 aromatic carbocycles. The molecular weight excluding hydrogens is 262 g/mol. The van der Waals surface area contributed by atoms with Gasteiger partial charge in [-0.3, -0.25) is 4.79 Å². The van der Waals surface area contributed by atoms with Gasteiger partial charge in [-0.25, -0.2) is 0 Å². The number of hydrogen-bond acceptors (Lipinski definition) is 4. The topological polar surface area (TPSA) is 69.6 Å². The maximum absolute atomic E-state index is 11.8. The Balaban J connectivity index is 2.42. The minimum atomic E-state index is -0.0723. The molecule has 0 aliphatic carbocycles. The van der Waals surface area contributed by atoms with Gasteiger partial charge in [-0.05, 0) is 31.2 Å². The van der Waals surface area contributed by atoms with Crippen LogP contribution in [-0.2, 0) is 11.2 Å². The van der Waals surface area contributed by atoms with Crippen LogP contribution in [0.3, 0.4) is 0 Å². The highest BCUT2D eigenvalue weighted by atomic mass is 32.2. The minimum absolute atomic E-state index is 0.00841. The number of benzene rings is 1. The van der Waals surface area contributed by atoms with Crippen molar-refractivity contribution in [3.8, 4) is 5.75 Å². The second-order valence-electron chi connectivity index (χ2n) is 4.44. The van der Waals surface area contributed by atoms with Crippen molar-refractivity contribution in [3.63, 3.8) is 0 Å². The number of aliphatic hydroxyl groups excluding tert-OH is 1. The summed E-state index contributed by atoms with van der Waals surface area (Å²) in [6.45, 7) is 1.93. The SMILES string of the molecule is CSC(CO)C(C)NC(=O)CCc1ccccc1O. The van der Waals surface area contributed by atoms with Gasteiger partial charge in [-0.2, -0.15) is 11.8 Å². The summed E-state index contributed by atoms with van der Waals surface area (Å²) >= 11 is 1.53. The van der Waals surface area contributed by atoms with E-state index in [1.807, 2.05) is 25.3 Å². The van der Waals surface area contributed by atoms with Crippen molar-refractivity contribution in [3.05, 3.63) is 29.8 Å². The molecule has 19 heavy (non-hydrogen) atoms. The van der Waals surface area contributed by atoms with Crippen LogP contribution in [0.2, 0.25) is 0 Å². The number of para-hydroxylation sites is 1. The maximum atomic E-state index is 11.8. The van der Waals surface area contributed by atoms with Gasteiger partial charge in [0.25, 0.3) is 0 Å². The zero-order valence-corrected chi connectivity index (χ0v) is 12.1. The Kier molecular flexibility index (Phi) is 6.73. The zero-order valence-electron chi connectivity index (χ0n) is 11.3. The molecule has 0 heterocycles. The standard InChI is InChI=1S/C14H21NO3S/c1-10(13(9-16)19-2)15-14(18)8-7-11-5-3-4-6-12(11)17/h3-6,10,13,16-17H,7-9H2,1-2H3,(H,15,18). The molecule has 0 radical (unpaired) electrons. The predicted molar refractivity (Wildman–Crippen MR) is 78.4 cm³/mol. The van der Waals surface area contributed by atoms with E-state index >= 15 is 0 Å². The molecule has 3 N–H and O–H groups in total. The van der Waals surface area contributed by atoms with Gasteiger partial charge in [-0.1, -0.05) is 18.2 Å². The molecule has 1 rings (SSSR count). The van der Waals surface area contributed by atoms with Crippen LogP contribution in [0.15, 0.2) is 24.3 Å². The van der Waals surface area contributed by atoms with Crippen molar-refractivity contribution in [1.82, 2.24) is 5.32 Å². The summed E-state index contributed by atoms with van der Waals surface area (Å²) in [5.41, 5.74) is 0.772. The number of rotatable bonds is 7. The number of aromatic hydroxyl groups is 1. The molecule has 4 nitrogen and oxygen atoms in total. The lowest BCUT2D eigenvalue weighted by Gasteiger charge is -2.21. The van der Waals surface area contributed by atoms with Crippen LogP contribution in [0, 0.1) is 0 Å². The molecule has 0 saturated heterocycles. The quantitative estimate of drug-likeness (QED) is 0.710. The summed E-state index contributed by atoms with van der Waals surface area (Å²) in [6.07, 6.45) is 2.74. The Morgan fingerprint density at radius 2 is 2.11 bits per heavy atom. The fourth-order valence-electron chi connectivity index (χ4n) is 1.83. The summed E-state index contributed by atoms with van der Waals surface area (Å²) in [6, 6.07) is 6.95. The number of nitrogens with one attached hydrogen (secondary N) is 1. The summed E-state index contributed by atoms with van der Waals surface area (Å²) in [4.78, 5) is 11.8. The normalized spacial score (nSPS) is 13.8. The number of carbonyl (C=O) groups excluding carboxylic acids is 1. The van der Waals surface area contributed by atoms with Gasteiger partial charge < -0.3 is 15.5 Å². The van der Waals surface area contributed by atoms with Crippen LogP contribution in [0.5, 0.6) is 5.75 Å². The third-order valence-corrected chi connectivity index (χ3v) is 4.20. The highest BCUT2D eigenvalue weighted by Crippen LogP contribution is 2.17. The predicted octanol–water partition coefficient (Wildman–Crippen LogP) is 1.55. The Hall–Kier alpha value is -1.20. The van der Waals surface area contributed by atoms with Crippen LogP contribution in [0.1, 0.15) is 18.9 Å². The van der Waals surface area contributed by atoms with E-state index in [1.165, 1.54) is 11.8 Å². The summed E-state index contributed by atoms with van der Waals surface area (Å²) < 4.78 is 0. The van der Waals surface area contributed by atoms with Gasteiger partial charge in [0.05, 0.1) is 6.61 Å². The first-order valence-electron chi connectivity index (χ1n) is 6.28. The average molecular weight is 283 g/mol. The number of phenolic OH excluding ortho intramolecular Hbond substituents is 1. The molecule has 5 heteroatoms. The molecular formula is C14H21NO3S. The lowest BCUT2D eigenvalue weighted by atomic mass is 10.1. The lowest BCUT2D eigenvalue weighted by molar-refractivity contribution is -0.121. The van der Waals surface area contributed by atoms with E-state index < -0.39 is 0 Å². The second-order valence-corrected chi connectivity index (χ2v) is 5.52. The maximum Gasteiger partial charge on any atom is 0.220 e. The number of aliphatic hydroxyl groups is 1. The van der Waals surface area contributed by atoms with E-state index in [1.54, 1.807) is 12.1 Å². The Bertz CT molecular complexity index is 407. The molecule has 1 aromatic rings. The van der Waals surface area contributed by atoms with Gasteiger partial charge in [0.2, 0.25) is 5.91 Å². The van der Waals surface area contributed by atoms with Gasteiger partial charge in [0.1, 0.15) is 5.75 Å². The first kappa shape index (κ1) is 15.9. The van der Waals surface area contributed by atoms with Crippen molar-refractivity contribution in [1.29, 1.82) is 0 Å². The van der Waals surface area contributed by atoms with E-state index in [2.05, 4.69) is 5.32 Å². The summed E-state index contributed by atoms with van der Waals surface area (Å²) in [5.74, 6) is 0.156. The van der Waals surface area contributed by atoms with Crippen molar-refractivity contribution in [2.75, 3.05) is 12.9 Å². The monoisotopic (exact) mass is 283 g/mol. The zero-order chi connectivity index (χ0) is 14.3. The average Bonchev–Trinajstić information content (AvgIpc) is 2.39. The van der Waals surface area contributed by atoms with Crippen molar-refractivity contribution >= 4 is 17.7 Å². The lowest BCUT2D eigenvalue weighted by Crippen LogP contribution is -2.41. The molecule has 0 spiro atoms. The van der Waals surface area contributed by atoms with Crippen molar-refractivity contribution in [2.24, 2.45) is 0 Å². The Morgan fingerprint density at radius 1 is 1.42 bits per heavy atom. The van der Waals surface area contributed by atoms with Crippen LogP contribution in [0.25, 0.3) is 0 Å². The molecule has 2 atom stereocenters. The molecule has 0 fully saturated rings. The number of aryl methyl sites for hydroxylation is 1. The molecule has 0 saturated carbocycles. The van der Waals surface area contributed by atoms with E-state index in [0.717, 1.165) is 5.56 Å². The number of amides is 1. The first-order valence-corrected chi connectivity index (χ1v) is 7.57. The highest BCUT2D eigenvalue weighted by molar-refractivity contribution is 7.99. The highest BCUT2D eigenvalue weighted by Gasteiger charge is 2.17. The smallest absolute Gasteiger partial charge is 0.220 e. The first-order chi connectivity index (χ1) is 9.08. The van der Waals surface area contributed by atoms with Crippen LogP contribution >= 0.6 is 11.8 Å². The third-order valence-electron chi connectivity index (χ3n) is 3.04. The molecule has 0 bridgehead atoms. The van der Waals surface area contributed by atoms with E-state index in [0.29, 0.717) is 12.8 Å². The van der Waals surface area contributed by atoms with Gasteiger partial charge in [-0.15, -0.1) is 0 Å². The summed E-state index contributed by atoms with van der Waals surface area (Å²) in [5, 5.41) is 21.6. The van der Waals surface area contributed by atoms with Gasteiger partial charge in [0.15, 0.2) is 0 Å². The fraction of sp³-hybridized carbons (Fsp3) is 0.500. The van der Waals surface area contributed by atoms with Crippen molar-refractivity contribution < 1.29 is 15.0 Å². The van der Waals surface area contributed by atoms with E-state index in [9.17, 15) is 9.90 Å². The molecule has 0 aromatic heterocycles. The summed E-state index contributed by atoms with van der Waals surface area (Å²) in [7, 11) is 0. The number of carbonyl (C=O) groups is 1. The van der Waals surface area contributed by atoms with Gasteiger partial charge >= 0.3 is 0 Å². The largest absolute Gasteiger partial charge is 0.508 e. The molecule has 0 aliphatic heterocycles. The Labute approximate surface area is 118 Å². The Morgan fingerprint density at radius 3 is 2.68 bits per heavy atom. The second kappa shape index (κ2) is 8.07. The molecule has 0 aliphatic rings. The number of thioether (sulfide) groups is 1. The molecule has 106 valence electrons. The van der Waals surface area contributed by atoms with E-state index in [-0.39, 0.29) is 29.6 Å². The number of phenols is 1. The van der Waals surface area contributed by atoms with Crippen molar-refractivity contribution in [2.45, 2.75) is 31.1 Å². The van der Waals surface area contributed by atoms with Gasteiger partial charge in [0, 0.05) is 17.7 Å². The fourth-order valence-corrected chi connectivity index (χ4v) is 2.45. The molecule has 1 amide bonds. The number of hydrogen-bond donors (Lipinski definition) is 3. The van der Waals surface area contributed by atoms with Crippen LogP contribution < -0.4 is 5.32 Å². The van der Waals surface area contributed by atoms with Crippen LogP contribution in [-0.4, -0.2) is 40.3 Å².